The van der Waals surface area contributed by atoms with Gasteiger partial charge in [-0.15, -0.1) is 0 Å². The maximum Gasteiger partial charge on any atom is 0.344 e. The molecule has 0 aliphatic carbocycles. The Bertz CT molecular complexity index is 419. The number of hydrogen-bond acceptors (Lipinski definition) is 5. The van der Waals surface area contributed by atoms with Gasteiger partial charge in [0.1, 0.15) is 5.75 Å². The highest BCUT2D eigenvalue weighted by Crippen LogP contribution is 2.14. The predicted octanol–water partition coefficient (Wildman–Crippen LogP) is -0.279. The summed E-state index contributed by atoms with van der Waals surface area (Å²) in [7, 11) is 0. The Balaban J connectivity index is 2.92. The van der Waals surface area contributed by atoms with Gasteiger partial charge in [-0.05, 0) is 19.1 Å². The molecule has 0 saturated carbocycles. The van der Waals surface area contributed by atoms with Crippen molar-refractivity contribution in [1.29, 1.82) is 0 Å². The van der Waals surface area contributed by atoms with E-state index in [1.807, 2.05) is 0 Å². The summed E-state index contributed by atoms with van der Waals surface area (Å²) in [6.45, 7) is 1.33. The van der Waals surface area contributed by atoms with E-state index in [0.29, 0.717) is 0 Å². The summed E-state index contributed by atoms with van der Waals surface area (Å²) in [6, 6.07) is 6.98. The smallest absolute Gasteiger partial charge is 0.344 e. The first-order valence-corrected chi connectivity index (χ1v) is 4.94. The summed E-state index contributed by atoms with van der Waals surface area (Å²) in [5.41, 5.74) is 8.64. The lowest BCUT2D eigenvalue weighted by molar-refractivity contribution is -0.156. The Morgan fingerprint density at radius 3 is 2.29 bits per heavy atom. The lowest BCUT2D eigenvalue weighted by Gasteiger charge is -2.25. The van der Waals surface area contributed by atoms with Crippen LogP contribution in [0.2, 0.25) is 0 Å². The Kier molecular flexibility index (Phi) is 3.82. The van der Waals surface area contributed by atoms with Gasteiger partial charge in [-0.25, -0.2) is 9.59 Å². The van der Waals surface area contributed by atoms with Crippen LogP contribution in [0.5, 0.6) is 5.75 Å². The lowest BCUT2D eigenvalue weighted by atomic mass is 9.93. The first-order chi connectivity index (χ1) is 7.89. The molecule has 1 aromatic rings. The van der Waals surface area contributed by atoms with Crippen LogP contribution in [0.15, 0.2) is 30.3 Å². The number of aliphatic carboxylic acids is 1. The highest BCUT2D eigenvalue weighted by atomic mass is 16.5. The molecule has 5 N–H and O–H groups in total. The van der Waals surface area contributed by atoms with Gasteiger partial charge in [-0.2, -0.15) is 0 Å². The number of carboxylic acids is 1. The Labute approximate surface area is 98.2 Å². The molecule has 1 aromatic carbocycles. The van der Waals surface area contributed by atoms with Gasteiger partial charge in [0.25, 0.3) is 0 Å². The molecule has 0 aromatic heterocycles. The zero-order valence-electron chi connectivity index (χ0n) is 9.29. The van der Waals surface area contributed by atoms with E-state index >= 15 is 0 Å². The number of carbonyl (C=O) groups excluding carboxylic acids is 1. The number of para-hydroxylation sites is 1. The van der Waals surface area contributed by atoms with Gasteiger partial charge < -0.3 is 21.3 Å². The number of rotatable bonds is 4. The normalized spacial score (nSPS) is 15.7. The fourth-order valence-electron chi connectivity index (χ4n) is 1.15. The Hall–Kier alpha value is -1.92. The molecule has 17 heavy (non-hydrogen) atoms. The fraction of sp³-hybridized carbons (Fsp3) is 0.273. The molecular weight excluding hydrogens is 224 g/mol. The quantitative estimate of drug-likeness (QED) is 0.377. The number of hydrogen-bond donors (Lipinski definition) is 3. The highest BCUT2D eigenvalue weighted by molar-refractivity contribution is 6.05. The second-order valence-corrected chi connectivity index (χ2v) is 3.67. The van der Waals surface area contributed by atoms with Crippen LogP contribution in [0.4, 0.5) is 0 Å². The molecule has 0 radical (unpaired) electrons. The third-order valence-electron chi connectivity index (χ3n) is 2.36. The molecule has 0 aliphatic rings. The van der Waals surface area contributed by atoms with Crippen molar-refractivity contribution in [2.75, 3.05) is 0 Å². The van der Waals surface area contributed by atoms with E-state index < -0.39 is 23.5 Å². The molecule has 0 saturated heterocycles. The summed E-state index contributed by atoms with van der Waals surface area (Å²) in [6.07, 6.45) is 0. The van der Waals surface area contributed by atoms with Crippen LogP contribution >= 0.6 is 0 Å². The Morgan fingerprint density at radius 1 is 1.35 bits per heavy atom. The SMILES string of the molecule is CC(N)C(N)(C(=O)O)C(=O)Oc1ccccc1. The van der Waals surface area contributed by atoms with E-state index in [4.69, 9.17) is 21.3 Å². The van der Waals surface area contributed by atoms with Crippen molar-refractivity contribution in [3.63, 3.8) is 0 Å². The molecule has 0 amide bonds. The molecule has 2 atom stereocenters. The van der Waals surface area contributed by atoms with Gasteiger partial charge in [0.2, 0.25) is 5.54 Å². The molecule has 6 heteroatoms. The van der Waals surface area contributed by atoms with Gasteiger partial charge in [-0.3, -0.25) is 0 Å². The van der Waals surface area contributed by atoms with E-state index in [-0.39, 0.29) is 5.75 Å². The maximum absolute atomic E-state index is 11.7. The largest absolute Gasteiger partial charge is 0.479 e. The summed E-state index contributed by atoms with van der Waals surface area (Å²) < 4.78 is 4.88. The van der Waals surface area contributed by atoms with Gasteiger partial charge >= 0.3 is 11.9 Å². The summed E-state index contributed by atoms with van der Waals surface area (Å²) in [5.74, 6) is -2.39. The number of benzene rings is 1. The minimum absolute atomic E-state index is 0.217. The molecule has 1 rings (SSSR count). The number of ether oxygens (including phenoxy) is 1. The van der Waals surface area contributed by atoms with Crippen LogP contribution in [0.1, 0.15) is 6.92 Å². The van der Waals surface area contributed by atoms with Crippen LogP contribution in [-0.2, 0) is 9.59 Å². The van der Waals surface area contributed by atoms with Crippen molar-refractivity contribution in [1.82, 2.24) is 0 Å². The number of esters is 1. The molecule has 92 valence electrons. The summed E-state index contributed by atoms with van der Waals surface area (Å²) in [4.78, 5) is 22.7. The fourth-order valence-corrected chi connectivity index (χ4v) is 1.15. The average Bonchev–Trinajstić information content (AvgIpc) is 2.28. The minimum atomic E-state index is -2.25. The number of nitrogens with two attached hydrogens (primary N) is 2. The van der Waals surface area contributed by atoms with Crippen LogP contribution in [0.25, 0.3) is 0 Å². The Morgan fingerprint density at radius 2 is 1.88 bits per heavy atom. The first kappa shape index (κ1) is 13.1. The van der Waals surface area contributed by atoms with Crippen LogP contribution in [-0.4, -0.2) is 28.6 Å². The third kappa shape index (κ3) is 2.61. The molecule has 0 spiro atoms. The van der Waals surface area contributed by atoms with Crippen molar-refractivity contribution in [2.24, 2.45) is 11.5 Å². The van der Waals surface area contributed by atoms with Crippen molar-refractivity contribution in [2.45, 2.75) is 18.5 Å². The molecule has 0 bridgehead atoms. The van der Waals surface area contributed by atoms with Crippen LogP contribution in [0, 0.1) is 0 Å². The summed E-state index contributed by atoms with van der Waals surface area (Å²) in [5, 5.41) is 8.95. The number of carboxylic acid groups (broad SMARTS) is 1. The zero-order valence-corrected chi connectivity index (χ0v) is 9.29. The lowest BCUT2D eigenvalue weighted by Crippen LogP contribution is -2.66. The standard InChI is InChI=1S/C11H14N2O4/c1-7(12)11(13,9(14)15)10(16)17-8-5-3-2-4-6-8/h2-7H,12-13H2,1H3,(H,14,15). The second-order valence-electron chi connectivity index (χ2n) is 3.67. The molecule has 2 unspecified atom stereocenters. The molecule has 0 aliphatic heterocycles. The van der Waals surface area contributed by atoms with E-state index in [1.54, 1.807) is 18.2 Å². The van der Waals surface area contributed by atoms with Crippen molar-refractivity contribution in [3.8, 4) is 5.75 Å². The first-order valence-electron chi connectivity index (χ1n) is 4.94. The number of carbonyl (C=O) groups is 2. The van der Waals surface area contributed by atoms with Crippen molar-refractivity contribution >= 4 is 11.9 Å². The molecular formula is C11H14N2O4. The van der Waals surface area contributed by atoms with Gasteiger partial charge in [-0.1, -0.05) is 18.2 Å². The predicted molar refractivity (Wildman–Crippen MR) is 60.3 cm³/mol. The molecule has 6 nitrogen and oxygen atoms in total. The maximum atomic E-state index is 11.7. The average molecular weight is 238 g/mol. The highest BCUT2D eigenvalue weighted by Gasteiger charge is 2.48. The third-order valence-corrected chi connectivity index (χ3v) is 2.36. The van der Waals surface area contributed by atoms with E-state index in [0.717, 1.165) is 0 Å². The van der Waals surface area contributed by atoms with Crippen LogP contribution < -0.4 is 16.2 Å². The monoisotopic (exact) mass is 238 g/mol. The molecule has 0 fully saturated rings. The van der Waals surface area contributed by atoms with Gasteiger partial charge in [0, 0.05) is 6.04 Å². The molecule has 0 heterocycles. The van der Waals surface area contributed by atoms with Crippen molar-refractivity contribution < 1.29 is 19.4 Å². The van der Waals surface area contributed by atoms with E-state index in [1.165, 1.54) is 19.1 Å². The van der Waals surface area contributed by atoms with Crippen molar-refractivity contribution in [3.05, 3.63) is 30.3 Å². The van der Waals surface area contributed by atoms with Gasteiger partial charge in [0.05, 0.1) is 0 Å². The summed E-state index contributed by atoms with van der Waals surface area (Å²) >= 11 is 0. The topological polar surface area (TPSA) is 116 Å². The van der Waals surface area contributed by atoms with E-state index in [9.17, 15) is 9.59 Å². The zero-order chi connectivity index (χ0) is 13.1. The second kappa shape index (κ2) is 4.94. The van der Waals surface area contributed by atoms with E-state index in [2.05, 4.69) is 0 Å². The minimum Gasteiger partial charge on any atom is -0.479 e. The van der Waals surface area contributed by atoms with Gasteiger partial charge in [0.15, 0.2) is 0 Å². The van der Waals surface area contributed by atoms with Crippen LogP contribution in [0.3, 0.4) is 0 Å².